The summed E-state index contributed by atoms with van der Waals surface area (Å²) in [7, 11) is 0. The number of esters is 2. The summed E-state index contributed by atoms with van der Waals surface area (Å²) in [4.78, 5) is 23.8. The van der Waals surface area contributed by atoms with Gasteiger partial charge >= 0.3 is 11.9 Å². The Labute approximate surface area is 173 Å². The molecule has 0 saturated heterocycles. The Morgan fingerprint density at radius 3 is 2.15 bits per heavy atom. The van der Waals surface area contributed by atoms with Gasteiger partial charge in [0.2, 0.25) is 5.69 Å². The van der Waals surface area contributed by atoms with Crippen molar-refractivity contribution in [2.24, 2.45) is 5.73 Å². The average Bonchev–Trinajstić information content (AvgIpc) is 2.63. The maximum absolute atomic E-state index is 12.0. The summed E-state index contributed by atoms with van der Waals surface area (Å²) in [5, 5.41) is 0. The molecule has 1 unspecified atom stereocenters. The Kier molecular flexibility index (Phi) is 16.6. The van der Waals surface area contributed by atoms with Crippen LogP contribution < -0.4 is 5.73 Å². The summed E-state index contributed by atoms with van der Waals surface area (Å²) in [5.41, 5.74) is 2.59. The molecule has 0 spiro atoms. The van der Waals surface area contributed by atoms with Crippen molar-refractivity contribution in [2.75, 3.05) is 26.4 Å². The van der Waals surface area contributed by atoms with Crippen LogP contribution in [0.2, 0.25) is 0 Å². The zero-order chi connectivity index (χ0) is 20.5. The van der Waals surface area contributed by atoms with Crippen molar-refractivity contribution in [1.82, 2.24) is 0 Å². The molecule has 0 fully saturated rings. The smallest absolute Gasteiger partial charge is 0.306 e. The lowest BCUT2D eigenvalue weighted by Crippen LogP contribution is -2.29. The molecular formula is C17H34NO6PS2. The summed E-state index contributed by atoms with van der Waals surface area (Å²) in [6, 6.07) is 0. The molecular weight excluding hydrogens is 409 g/mol. The van der Waals surface area contributed by atoms with Gasteiger partial charge in [-0.3, -0.25) is 9.59 Å². The second-order valence-electron chi connectivity index (χ2n) is 6.10. The van der Waals surface area contributed by atoms with Crippen molar-refractivity contribution in [3.8, 4) is 0 Å². The van der Waals surface area contributed by atoms with E-state index in [1.165, 1.54) is 0 Å². The van der Waals surface area contributed by atoms with Gasteiger partial charge in [-0.1, -0.05) is 51.8 Å². The molecule has 10 heteroatoms. The molecule has 0 aromatic heterocycles. The minimum Gasteiger partial charge on any atom is -0.462 e. The van der Waals surface area contributed by atoms with E-state index in [-0.39, 0.29) is 31.8 Å². The molecule has 0 aromatic carbocycles. The molecule has 0 aliphatic carbocycles. The topological polar surface area (TPSA) is 97.1 Å². The van der Waals surface area contributed by atoms with Crippen LogP contribution in [-0.2, 0) is 39.9 Å². The predicted molar refractivity (Wildman–Crippen MR) is 113 cm³/mol. The van der Waals surface area contributed by atoms with Gasteiger partial charge in [0.25, 0.3) is 0 Å². The van der Waals surface area contributed by atoms with Crippen LogP contribution in [0.5, 0.6) is 0 Å². The van der Waals surface area contributed by atoms with Crippen molar-refractivity contribution in [3.63, 3.8) is 0 Å². The molecule has 0 aliphatic heterocycles. The number of thiol groups is 1. The van der Waals surface area contributed by atoms with Gasteiger partial charge < -0.3 is 24.3 Å². The standard InChI is InChI=1S/C17H34NO6PS2/c1-3-5-7-9-16(19)21-13-15(24-17(20)10-8-6-4-2)14-23-25(26,27)22-12-11-18/h15H,3-14,18H2,1-2H3,(H,26,27)/t15-/m1/s1. The van der Waals surface area contributed by atoms with Crippen molar-refractivity contribution in [3.05, 3.63) is 0 Å². The monoisotopic (exact) mass is 443 g/mol. The Balaban J connectivity index is 4.53. The van der Waals surface area contributed by atoms with Crippen LogP contribution in [0.3, 0.4) is 0 Å². The molecule has 0 amide bonds. The molecule has 0 rings (SSSR count). The lowest BCUT2D eigenvalue weighted by molar-refractivity contribution is -0.161. The van der Waals surface area contributed by atoms with Gasteiger partial charge in [-0.15, -0.1) is 0 Å². The molecule has 0 bridgehead atoms. The Hall–Kier alpha value is -0.180. The van der Waals surface area contributed by atoms with Crippen LogP contribution in [0.25, 0.3) is 0 Å². The van der Waals surface area contributed by atoms with E-state index in [2.05, 4.69) is 26.1 Å². The summed E-state index contributed by atoms with van der Waals surface area (Å²) in [6.45, 7) is 4.52. The molecule has 2 N–H and O–H groups in total. The number of rotatable bonds is 17. The SMILES string of the molecule is CCCCCC(=O)OC[C@H](COP(=S)(S)OCCN)OC(=O)CCCCC. The zero-order valence-corrected chi connectivity index (χ0v) is 19.0. The lowest BCUT2D eigenvalue weighted by Gasteiger charge is -2.22. The highest BCUT2D eigenvalue weighted by Crippen LogP contribution is 2.53. The first-order valence-corrected chi connectivity index (χ1v) is 13.3. The van der Waals surface area contributed by atoms with E-state index in [1.54, 1.807) is 0 Å². The van der Waals surface area contributed by atoms with Crippen LogP contribution in [0.4, 0.5) is 0 Å². The van der Waals surface area contributed by atoms with Crippen molar-refractivity contribution < 1.29 is 28.1 Å². The molecule has 0 radical (unpaired) electrons. The third-order valence-electron chi connectivity index (χ3n) is 3.49. The first-order valence-electron chi connectivity index (χ1n) is 9.51. The predicted octanol–water partition coefficient (Wildman–Crippen LogP) is 3.75. The minimum absolute atomic E-state index is 0.0485. The Bertz CT molecular complexity index is 467. The quantitative estimate of drug-likeness (QED) is 0.152. The van der Waals surface area contributed by atoms with Crippen LogP contribution in [0.15, 0.2) is 0 Å². The first kappa shape index (κ1) is 26.8. The second-order valence-corrected chi connectivity index (χ2v) is 11.4. The summed E-state index contributed by atoms with van der Waals surface area (Å²) in [5.74, 6) is -0.672. The number of carbonyl (C=O) groups is 2. The second kappa shape index (κ2) is 16.7. The van der Waals surface area contributed by atoms with Gasteiger partial charge in [0.1, 0.15) is 6.61 Å². The van der Waals surface area contributed by atoms with Crippen molar-refractivity contribution in [2.45, 2.75) is 71.3 Å². The highest BCUT2D eigenvalue weighted by molar-refractivity contribution is 8.60. The van der Waals surface area contributed by atoms with E-state index in [1.807, 2.05) is 0 Å². The van der Waals surface area contributed by atoms with E-state index >= 15 is 0 Å². The molecule has 0 saturated carbocycles. The highest BCUT2D eigenvalue weighted by atomic mass is 32.9. The van der Waals surface area contributed by atoms with Crippen molar-refractivity contribution in [1.29, 1.82) is 0 Å². The van der Waals surface area contributed by atoms with Gasteiger partial charge in [0.15, 0.2) is 6.10 Å². The number of ether oxygens (including phenoxy) is 2. The van der Waals surface area contributed by atoms with Crippen LogP contribution >= 0.6 is 17.9 Å². The third-order valence-corrected chi connectivity index (χ3v) is 5.80. The molecule has 0 aromatic rings. The Morgan fingerprint density at radius 2 is 1.59 bits per heavy atom. The zero-order valence-electron chi connectivity index (χ0n) is 16.4. The van der Waals surface area contributed by atoms with Gasteiger partial charge in [-0.25, -0.2) is 0 Å². The van der Waals surface area contributed by atoms with E-state index < -0.39 is 11.8 Å². The molecule has 160 valence electrons. The van der Waals surface area contributed by atoms with E-state index in [0.29, 0.717) is 19.4 Å². The number of carbonyl (C=O) groups excluding carboxylic acids is 2. The highest BCUT2D eigenvalue weighted by Gasteiger charge is 2.21. The summed E-state index contributed by atoms with van der Waals surface area (Å²) in [6.07, 6.45) is 5.39. The number of unbranched alkanes of at least 4 members (excludes halogenated alkanes) is 4. The third kappa shape index (κ3) is 16.5. The van der Waals surface area contributed by atoms with Gasteiger partial charge in [0.05, 0.1) is 13.2 Å². The molecule has 27 heavy (non-hydrogen) atoms. The summed E-state index contributed by atoms with van der Waals surface area (Å²) >= 11 is 9.36. The lowest BCUT2D eigenvalue weighted by atomic mass is 10.2. The normalized spacial score (nSPS) is 14.4. The first-order chi connectivity index (χ1) is 12.8. The van der Waals surface area contributed by atoms with E-state index in [0.717, 1.165) is 38.5 Å². The van der Waals surface area contributed by atoms with E-state index in [9.17, 15) is 9.59 Å². The molecule has 7 nitrogen and oxygen atoms in total. The van der Waals surface area contributed by atoms with E-state index in [4.69, 9.17) is 36.1 Å². The molecule has 0 aliphatic rings. The summed E-state index contributed by atoms with van der Waals surface area (Å²) < 4.78 is 21.4. The number of hydrogen-bond acceptors (Lipinski definition) is 8. The maximum Gasteiger partial charge on any atom is 0.306 e. The minimum atomic E-state index is -2.79. The van der Waals surface area contributed by atoms with Crippen LogP contribution in [0.1, 0.15) is 65.2 Å². The van der Waals surface area contributed by atoms with Gasteiger partial charge in [0, 0.05) is 19.4 Å². The fourth-order valence-electron chi connectivity index (χ4n) is 2.04. The van der Waals surface area contributed by atoms with Crippen molar-refractivity contribution >= 4 is 41.7 Å². The largest absolute Gasteiger partial charge is 0.462 e. The fourth-order valence-corrected chi connectivity index (χ4v) is 3.66. The molecule has 0 heterocycles. The van der Waals surface area contributed by atoms with Crippen LogP contribution in [-0.4, -0.2) is 44.4 Å². The van der Waals surface area contributed by atoms with Gasteiger partial charge in [-0.05, 0) is 24.6 Å². The molecule has 2 atom stereocenters. The van der Waals surface area contributed by atoms with Gasteiger partial charge in [-0.2, -0.15) is 0 Å². The average molecular weight is 444 g/mol. The number of nitrogens with two attached hydrogens (primary N) is 1. The number of hydrogen-bond donors (Lipinski definition) is 2. The Morgan fingerprint density at radius 1 is 1.00 bits per heavy atom. The van der Waals surface area contributed by atoms with Crippen LogP contribution in [0, 0.1) is 0 Å². The fraction of sp³-hybridized carbons (Fsp3) is 0.882. The maximum atomic E-state index is 12.0.